The smallest absolute Gasteiger partial charge is 0.124 e. The van der Waals surface area contributed by atoms with Crippen LogP contribution in [0.2, 0.25) is 0 Å². The lowest BCUT2D eigenvalue weighted by Gasteiger charge is -2.34. The molecular formula is C32H36N6. The number of rotatable bonds is 4. The molecule has 2 unspecified atom stereocenters. The van der Waals surface area contributed by atoms with Crippen LogP contribution in [0.1, 0.15) is 87.1 Å². The van der Waals surface area contributed by atoms with E-state index in [-0.39, 0.29) is 5.41 Å². The van der Waals surface area contributed by atoms with Gasteiger partial charge in [0.25, 0.3) is 0 Å². The summed E-state index contributed by atoms with van der Waals surface area (Å²) in [4.78, 5) is 18.9. The molecule has 7 rings (SSSR count). The molecule has 2 fully saturated rings. The number of nitrogens with one attached hydrogen (secondary N) is 3. The summed E-state index contributed by atoms with van der Waals surface area (Å²) < 4.78 is 0. The largest absolute Gasteiger partial charge is 0.357 e. The zero-order chi connectivity index (χ0) is 25.9. The van der Waals surface area contributed by atoms with Gasteiger partial charge in [-0.1, -0.05) is 45.0 Å². The summed E-state index contributed by atoms with van der Waals surface area (Å²) in [7, 11) is 0. The third-order valence-corrected chi connectivity index (χ3v) is 8.55. The molecule has 3 atom stereocenters. The van der Waals surface area contributed by atoms with Gasteiger partial charge < -0.3 is 20.2 Å². The van der Waals surface area contributed by atoms with Crippen LogP contribution in [0, 0.1) is 0 Å². The van der Waals surface area contributed by atoms with E-state index in [1.165, 1.54) is 28.8 Å². The highest BCUT2D eigenvalue weighted by atomic mass is 15.2. The maximum atomic E-state index is 4.92. The summed E-state index contributed by atoms with van der Waals surface area (Å²) in [6, 6.07) is 23.7. The van der Waals surface area contributed by atoms with Crippen molar-refractivity contribution in [1.82, 2.24) is 25.3 Å². The lowest BCUT2D eigenvalue weighted by molar-refractivity contribution is 0.589. The van der Waals surface area contributed by atoms with Crippen LogP contribution in [0.5, 0.6) is 0 Å². The fourth-order valence-corrected chi connectivity index (χ4v) is 6.46. The molecule has 0 amide bonds. The Balaban J connectivity index is 1.28. The second-order valence-corrected chi connectivity index (χ2v) is 12.0. The Kier molecular flexibility index (Phi) is 5.55. The van der Waals surface area contributed by atoms with Crippen LogP contribution in [-0.2, 0) is 5.41 Å². The first-order valence-corrected chi connectivity index (χ1v) is 14.0. The molecule has 4 heterocycles. The summed E-state index contributed by atoms with van der Waals surface area (Å²) in [5.41, 5.74) is 9.75. The maximum absolute atomic E-state index is 4.92. The molecular weight excluding hydrogens is 468 g/mol. The van der Waals surface area contributed by atoms with Gasteiger partial charge in [-0.05, 0) is 90.7 Å². The van der Waals surface area contributed by atoms with Crippen molar-refractivity contribution in [1.29, 1.82) is 0 Å². The van der Waals surface area contributed by atoms with Gasteiger partial charge in [-0.15, -0.1) is 0 Å². The molecule has 2 aliphatic rings. The highest BCUT2D eigenvalue weighted by molar-refractivity contribution is 5.77. The average Bonchev–Trinajstić information content (AvgIpc) is 3.72. The minimum Gasteiger partial charge on any atom is -0.357 e. The van der Waals surface area contributed by atoms with Crippen molar-refractivity contribution in [2.24, 2.45) is 0 Å². The number of hydrogen-bond donors (Lipinski definition) is 3. The molecule has 0 saturated carbocycles. The van der Waals surface area contributed by atoms with Gasteiger partial charge in [0.15, 0.2) is 0 Å². The normalized spacial score (nSPS) is 22.2. The quantitative estimate of drug-likeness (QED) is 0.241. The molecule has 0 bridgehead atoms. The molecule has 3 aromatic carbocycles. The van der Waals surface area contributed by atoms with Crippen molar-refractivity contribution in [2.45, 2.75) is 70.0 Å². The number of anilines is 1. The standard InChI is InChI=1S/C32H36N6/c1-32(2,3)22-8-10-23(11-9-22)38-29(20-6-12-24-27(17-20)35-19-34-24)14-15-30(38)21-7-13-25-28(18-21)37-31(36-25)26-5-4-16-33-26/h6-13,17-19,26,29-30,33H,4-5,14-16H2,1-3H3,(H,34,35)(H,36,37)/t26-,29?,30?/m0/s1. The number of hydrogen-bond acceptors (Lipinski definition) is 4. The van der Waals surface area contributed by atoms with E-state index in [0.717, 1.165) is 53.7 Å². The topological polar surface area (TPSA) is 72.6 Å². The summed E-state index contributed by atoms with van der Waals surface area (Å²) in [6.45, 7) is 7.90. The van der Waals surface area contributed by atoms with Crippen molar-refractivity contribution in [3.05, 3.63) is 89.5 Å². The van der Waals surface area contributed by atoms with Crippen LogP contribution >= 0.6 is 0 Å². The highest BCUT2D eigenvalue weighted by Crippen LogP contribution is 2.47. The minimum absolute atomic E-state index is 0.130. The van der Waals surface area contributed by atoms with E-state index in [4.69, 9.17) is 4.98 Å². The lowest BCUT2D eigenvalue weighted by Crippen LogP contribution is -2.26. The second kappa shape index (κ2) is 8.98. The van der Waals surface area contributed by atoms with Crippen LogP contribution in [0.15, 0.2) is 67.0 Å². The van der Waals surface area contributed by atoms with Crippen molar-refractivity contribution in [3.63, 3.8) is 0 Å². The Morgan fingerprint density at radius 3 is 2.21 bits per heavy atom. The Hall–Kier alpha value is -3.64. The Morgan fingerprint density at radius 2 is 1.53 bits per heavy atom. The van der Waals surface area contributed by atoms with Gasteiger partial charge in [-0.3, -0.25) is 0 Å². The Bertz CT molecular complexity index is 1580. The molecule has 6 heteroatoms. The Morgan fingerprint density at radius 1 is 0.816 bits per heavy atom. The van der Waals surface area contributed by atoms with E-state index < -0.39 is 0 Å². The Labute approximate surface area is 223 Å². The predicted molar refractivity (Wildman–Crippen MR) is 155 cm³/mol. The van der Waals surface area contributed by atoms with Gasteiger partial charge in [-0.2, -0.15) is 0 Å². The average molecular weight is 505 g/mol. The molecule has 194 valence electrons. The highest BCUT2D eigenvalue weighted by Gasteiger charge is 2.36. The molecule has 6 nitrogen and oxygen atoms in total. The minimum atomic E-state index is 0.130. The molecule has 5 aromatic rings. The SMILES string of the molecule is CC(C)(C)c1ccc(N2C(c3ccc4nc[nH]c4c3)CCC2c2ccc3nc([C@@H]4CCCN4)[nH]c3c2)cc1. The number of aromatic nitrogens is 4. The zero-order valence-corrected chi connectivity index (χ0v) is 22.5. The van der Waals surface area contributed by atoms with Crippen molar-refractivity contribution in [3.8, 4) is 0 Å². The second-order valence-electron chi connectivity index (χ2n) is 12.0. The summed E-state index contributed by atoms with van der Waals surface area (Å²) >= 11 is 0. The van der Waals surface area contributed by atoms with E-state index in [2.05, 4.69) is 107 Å². The number of fused-ring (bicyclic) bond motifs is 2. The van der Waals surface area contributed by atoms with Crippen LogP contribution in [0.3, 0.4) is 0 Å². The summed E-state index contributed by atoms with van der Waals surface area (Å²) in [5.74, 6) is 1.07. The molecule has 3 N–H and O–H groups in total. The molecule has 2 aromatic heterocycles. The molecule has 2 aliphatic heterocycles. The third kappa shape index (κ3) is 4.08. The fourth-order valence-electron chi connectivity index (χ4n) is 6.46. The molecule has 0 aliphatic carbocycles. The fraction of sp³-hybridized carbons (Fsp3) is 0.375. The first-order chi connectivity index (χ1) is 18.4. The first-order valence-electron chi connectivity index (χ1n) is 14.0. The van der Waals surface area contributed by atoms with Crippen LogP contribution in [0.25, 0.3) is 22.1 Å². The maximum Gasteiger partial charge on any atom is 0.124 e. The van der Waals surface area contributed by atoms with Gasteiger partial charge in [0.1, 0.15) is 5.82 Å². The van der Waals surface area contributed by atoms with E-state index in [0.29, 0.717) is 18.1 Å². The van der Waals surface area contributed by atoms with Gasteiger partial charge in [0.2, 0.25) is 0 Å². The monoisotopic (exact) mass is 504 g/mol. The summed E-state index contributed by atoms with van der Waals surface area (Å²) in [5, 5.41) is 3.57. The van der Waals surface area contributed by atoms with Crippen molar-refractivity contribution in [2.75, 3.05) is 11.4 Å². The van der Waals surface area contributed by atoms with Gasteiger partial charge in [0, 0.05) is 5.69 Å². The summed E-state index contributed by atoms with van der Waals surface area (Å²) in [6.07, 6.45) is 6.34. The number of imidazole rings is 2. The van der Waals surface area contributed by atoms with Crippen molar-refractivity contribution < 1.29 is 0 Å². The zero-order valence-electron chi connectivity index (χ0n) is 22.5. The molecule has 2 saturated heterocycles. The van der Waals surface area contributed by atoms with E-state index in [1.807, 2.05) is 0 Å². The van der Waals surface area contributed by atoms with E-state index in [9.17, 15) is 0 Å². The number of H-pyrrole nitrogens is 2. The van der Waals surface area contributed by atoms with Gasteiger partial charge in [-0.25, -0.2) is 9.97 Å². The first kappa shape index (κ1) is 23.5. The predicted octanol–water partition coefficient (Wildman–Crippen LogP) is 7.24. The molecule has 38 heavy (non-hydrogen) atoms. The lowest BCUT2D eigenvalue weighted by atomic mass is 9.87. The number of nitrogens with zero attached hydrogens (tertiary/aromatic N) is 3. The van der Waals surface area contributed by atoms with Gasteiger partial charge in [0.05, 0.1) is 46.5 Å². The number of benzene rings is 3. The van der Waals surface area contributed by atoms with Crippen LogP contribution < -0.4 is 10.2 Å². The van der Waals surface area contributed by atoms with Crippen LogP contribution in [-0.4, -0.2) is 26.5 Å². The van der Waals surface area contributed by atoms with E-state index in [1.54, 1.807) is 6.33 Å². The number of aromatic amines is 2. The molecule has 0 radical (unpaired) electrons. The van der Waals surface area contributed by atoms with Crippen LogP contribution in [0.4, 0.5) is 5.69 Å². The molecule has 0 spiro atoms. The van der Waals surface area contributed by atoms with E-state index >= 15 is 0 Å². The third-order valence-electron chi connectivity index (χ3n) is 8.55. The van der Waals surface area contributed by atoms with Gasteiger partial charge >= 0.3 is 0 Å². The van der Waals surface area contributed by atoms with Crippen molar-refractivity contribution >= 4 is 27.8 Å².